The van der Waals surface area contributed by atoms with E-state index in [1.807, 2.05) is 0 Å². The molecule has 1 aromatic heterocycles. The first-order chi connectivity index (χ1) is 25.3. The van der Waals surface area contributed by atoms with Crippen molar-refractivity contribution in [2.75, 3.05) is 0 Å². The van der Waals surface area contributed by atoms with Crippen LogP contribution in [0.2, 0.25) is 0 Å². The molecule has 0 saturated heterocycles. The average molecular weight is 647 g/mol. The predicted molar refractivity (Wildman–Crippen MR) is 218 cm³/mol. The Balaban J connectivity index is 1.13. The third-order valence-electron chi connectivity index (χ3n) is 10.8. The molecule has 10 aromatic carbocycles. The molecular weight excluding hydrogens is 617 g/mol. The molecule has 0 amide bonds. The van der Waals surface area contributed by atoms with Gasteiger partial charge in [-0.1, -0.05) is 170 Å². The maximum absolute atomic E-state index is 6.83. The molecule has 1 nitrogen and oxygen atoms in total. The number of hydrogen-bond acceptors (Lipinski definition) is 1. The molecule has 0 bridgehead atoms. The Morgan fingerprint density at radius 2 is 0.765 bits per heavy atom. The molecule has 0 spiro atoms. The second-order valence-corrected chi connectivity index (χ2v) is 13.6. The Kier molecular flexibility index (Phi) is 6.02. The lowest BCUT2D eigenvalue weighted by Crippen LogP contribution is -1.91. The van der Waals surface area contributed by atoms with Gasteiger partial charge in [0.15, 0.2) is 0 Å². The van der Waals surface area contributed by atoms with Crippen LogP contribution in [0.15, 0.2) is 186 Å². The molecular formula is C50H30O. The van der Waals surface area contributed by atoms with E-state index in [1.165, 1.54) is 81.7 Å². The van der Waals surface area contributed by atoms with Crippen molar-refractivity contribution in [3.8, 4) is 33.4 Å². The number of hydrogen-bond donors (Lipinski definition) is 0. The van der Waals surface area contributed by atoms with Gasteiger partial charge < -0.3 is 4.42 Å². The molecule has 0 aliphatic carbocycles. The molecule has 0 fully saturated rings. The second kappa shape index (κ2) is 10.9. The summed E-state index contributed by atoms with van der Waals surface area (Å²) >= 11 is 0. The van der Waals surface area contributed by atoms with Crippen LogP contribution in [0.1, 0.15) is 0 Å². The van der Waals surface area contributed by atoms with Gasteiger partial charge in [-0.2, -0.15) is 0 Å². The highest BCUT2D eigenvalue weighted by Gasteiger charge is 2.20. The zero-order valence-corrected chi connectivity index (χ0v) is 27.7. The number of furan rings is 1. The fourth-order valence-corrected chi connectivity index (χ4v) is 8.61. The topological polar surface area (TPSA) is 13.1 Å². The van der Waals surface area contributed by atoms with Crippen molar-refractivity contribution in [1.82, 2.24) is 0 Å². The normalized spacial score (nSPS) is 11.9. The summed E-state index contributed by atoms with van der Waals surface area (Å²) in [6.45, 7) is 0. The maximum Gasteiger partial charge on any atom is 0.143 e. The predicted octanol–water partition coefficient (Wildman–Crippen LogP) is 14.4. The van der Waals surface area contributed by atoms with E-state index in [0.29, 0.717) is 0 Å². The van der Waals surface area contributed by atoms with E-state index in [0.717, 1.165) is 27.5 Å². The lowest BCUT2D eigenvalue weighted by Gasteiger charge is -2.18. The minimum atomic E-state index is 0.908. The molecule has 0 aliphatic heterocycles. The van der Waals surface area contributed by atoms with Crippen molar-refractivity contribution in [1.29, 1.82) is 0 Å². The highest BCUT2D eigenvalue weighted by Crippen LogP contribution is 2.46. The molecule has 0 unspecified atom stereocenters. The lowest BCUT2D eigenvalue weighted by atomic mass is 9.85. The van der Waals surface area contributed by atoms with Gasteiger partial charge in [0.1, 0.15) is 11.2 Å². The summed E-state index contributed by atoms with van der Waals surface area (Å²) in [6.07, 6.45) is 0. The molecule has 1 heteroatoms. The monoisotopic (exact) mass is 646 g/mol. The van der Waals surface area contributed by atoms with Gasteiger partial charge in [0.25, 0.3) is 0 Å². The third kappa shape index (κ3) is 4.16. The Morgan fingerprint density at radius 1 is 0.294 bits per heavy atom. The fourth-order valence-electron chi connectivity index (χ4n) is 8.61. The quantitative estimate of drug-likeness (QED) is 0.138. The van der Waals surface area contributed by atoms with Crippen LogP contribution in [-0.2, 0) is 0 Å². The molecule has 0 aliphatic rings. The van der Waals surface area contributed by atoms with Crippen molar-refractivity contribution in [3.63, 3.8) is 0 Å². The van der Waals surface area contributed by atoms with Gasteiger partial charge in [0, 0.05) is 16.2 Å². The highest BCUT2D eigenvalue weighted by molar-refractivity contribution is 6.30. The standard InChI is InChI=1S/C50H30O/c1-2-14-35-31(12-1)13-11-23-36(35)32-24-26-33(27-25-32)47-40-18-6-8-20-42(40)48(43-21-9-7-19-41(43)47)34-28-29-45-46(30-34)51-50-44-22-10-4-16-38(44)37-15-3-5-17-39(37)49(45)50/h1-30H. The molecule has 51 heavy (non-hydrogen) atoms. The van der Waals surface area contributed by atoms with Gasteiger partial charge in [-0.3, -0.25) is 0 Å². The van der Waals surface area contributed by atoms with Gasteiger partial charge in [-0.25, -0.2) is 0 Å². The van der Waals surface area contributed by atoms with Crippen LogP contribution in [0.4, 0.5) is 0 Å². The van der Waals surface area contributed by atoms with E-state index in [9.17, 15) is 0 Å². The largest absolute Gasteiger partial charge is 0.455 e. The fraction of sp³-hybridized carbons (Fsp3) is 0. The average Bonchev–Trinajstić information content (AvgIpc) is 3.59. The molecule has 1 heterocycles. The van der Waals surface area contributed by atoms with Crippen LogP contribution in [0, 0.1) is 0 Å². The third-order valence-corrected chi connectivity index (χ3v) is 10.8. The molecule has 0 N–H and O–H groups in total. The first kappa shape index (κ1) is 28.2. The number of benzene rings is 10. The minimum absolute atomic E-state index is 0.908. The molecule has 236 valence electrons. The molecule has 0 radical (unpaired) electrons. The molecule has 11 aromatic rings. The smallest absolute Gasteiger partial charge is 0.143 e. The SMILES string of the molecule is c1ccc2c(-c3ccc(-c4c5ccccc5c(-c5ccc6c(c5)oc5c7ccccc7c7ccccc7c65)c5ccccc45)cc3)cccc2c1. The van der Waals surface area contributed by atoms with Crippen molar-refractivity contribution in [2.24, 2.45) is 0 Å². The van der Waals surface area contributed by atoms with Crippen molar-refractivity contribution < 1.29 is 4.42 Å². The highest BCUT2D eigenvalue weighted by atomic mass is 16.3. The molecule has 11 rings (SSSR count). The Hall–Kier alpha value is -6.70. The molecule has 0 atom stereocenters. The van der Waals surface area contributed by atoms with Crippen molar-refractivity contribution in [3.05, 3.63) is 182 Å². The van der Waals surface area contributed by atoms with E-state index >= 15 is 0 Å². The van der Waals surface area contributed by atoms with Crippen LogP contribution in [0.25, 0.3) is 109 Å². The second-order valence-electron chi connectivity index (χ2n) is 13.6. The minimum Gasteiger partial charge on any atom is -0.455 e. The Morgan fingerprint density at radius 3 is 1.43 bits per heavy atom. The van der Waals surface area contributed by atoms with Crippen LogP contribution in [0.3, 0.4) is 0 Å². The van der Waals surface area contributed by atoms with Gasteiger partial charge >= 0.3 is 0 Å². The van der Waals surface area contributed by atoms with Crippen molar-refractivity contribution in [2.45, 2.75) is 0 Å². The van der Waals surface area contributed by atoms with E-state index in [-0.39, 0.29) is 0 Å². The summed E-state index contributed by atoms with van der Waals surface area (Å²) in [5.74, 6) is 0. The number of fused-ring (bicyclic) bond motifs is 11. The van der Waals surface area contributed by atoms with Crippen LogP contribution in [0.5, 0.6) is 0 Å². The van der Waals surface area contributed by atoms with Gasteiger partial charge in [-0.05, 0) is 94.0 Å². The molecule has 0 saturated carbocycles. The first-order valence-corrected chi connectivity index (χ1v) is 17.6. The summed E-state index contributed by atoms with van der Waals surface area (Å²) in [5, 5.41) is 14.7. The summed E-state index contributed by atoms with van der Waals surface area (Å²) in [6, 6.07) is 66.2. The van der Waals surface area contributed by atoms with Gasteiger partial charge in [0.2, 0.25) is 0 Å². The summed E-state index contributed by atoms with van der Waals surface area (Å²) in [7, 11) is 0. The summed E-state index contributed by atoms with van der Waals surface area (Å²) < 4.78 is 6.83. The zero-order chi connectivity index (χ0) is 33.5. The van der Waals surface area contributed by atoms with E-state index in [2.05, 4.69) is 182 Å². The maximum atomic E-state index is 6.83. The summed E-state index contributed by atoms with van der Waals surface area (Å²) in [5.41, 5.74) is 9.20. The van der Waals surface area contributed by atoms with Gasteiger partial charge in [0.05, 0.1) is 0 Å². The number of rotatable bonds is 3. The van der Waals surface area contributed by atoms with Crippen LogP contribution >= 0.6 is 0 Å². The van der Waals surface area contributed by atoms with Crippen molar-refractivity contribution >= 4 is 75.8 Å². The Labute approximate surface area is 294 Å². The zero-order valence-electron chi connectivity index (χ0n) is 27.7. The van der Waals surface area contributed by atoms with Crippen LogP contribution < -0.4 is 0 Å². The van der Waals surface area contributed by atoms with E-state index in [1.54, 1.807) is 0 Å². The van der Waals surface area contributed by atoms with E-state index < -0.39 is 0 Å². The van der Waals surface area contributed by atoms with Crippen LogP contribution in [-0.4, -0.2) is 0 Å². The first-order valence-electron chi connectivity index (χ1n) is 17.6. The van der Waals surface area contributed by atoms with E-state index in [4.69, 9.17) is 4.42 Å². The lowest BCUT2D eigenvalue weighted by molar-refractivity contribution is 0.673. The van der Waals surface area contributed by atoms with Gasteiger partial charge in [-0.15, -0.1) is 0 Å². The summed E-state index contributed by atoms with van der Waals surface area (Å²) in [4.78, 5) is 0. The Bertz CT molecular complexity index is 3120.